The van der Waals surface area contributed by atoms with Gasteiger partial charge in [-0.25, -0.2) is 4.79 Å². The van der Waals surface area contributed by atoms with Crippen LogP contribution in [0.5, 0.6) is 0 Å². The number of amides is 1. The molecule has 0 spiro atoms. The predicted molar refractivity (Wildman–Crippen MR) is 100 cm³/mol. The van der Waals surface area contributed by atoms with Crippen LogP contribution >= 0.6 is 0 Å². The quantitative estimate of drug-likeness (QED) is 0.249. The highest BCUT2D eigenvalue weighted by Crippen LogP contribution is 2.12. The Hall–Kier alpha value is -1.83. The van der Waals surface area contributed by atoms with Gasteiger partial charge in [-0.15, -0.1) is 0 Å². The van der Waals surface area contributed by atoms with Crippen LogP contribution in [0.4, 0.5) is 0 Å². The molecule has 0 atom stereocenters. The molecule has 0 radical (unpaired) electrons. The zero-order valence-electron chi connectivity index (χ0n) is 15.7. The molecular weight excluding hydrogens is 316 g/mol. The summed E-state index contributed by atoms with van der Waals surface area (Å²) in [5, 5.41) is 17.3. The Morgan fingerprint density at radius 1 is 0.880 bits per heavy atom. The van der Waals surface area contributed by atoms with E-state index in [1.54, 1.807) is 0 Å². The molecule has 0 saturated carbocycles. The number of unbranched alkanes of at least 4 members (excludes halogenated alkanes) is 11. The molecule has 5 nitrogen and oxygen atoms in total. The molecule has 0 aromatic rings. The topological polar surface area (TPSA) is 81.4 Å². The van der Waals surface area contributed by atoms with Crippen LogP contribution in [0.25, 0.3) is 0 Å². The molecular formula is C20H34N2O3. The fraction of sp³-hybridized carbons (Fsp3) is 0.750. The molecule has 25 heavy (non-hydrogen) atoms. The van der Waals surface area contributed by atoms with Gasteiger partial charge in [-0.3, -0.25) is 4.79 Å². The van der Waals surface area contributed by atoms with E-state index in [4.69, 9.17) is 10.4 Å². The van der Waals surface area contributed by atoms with Crippen LogP contribution < -0.4 is 0 Å². The Labute approximate surface area is 152 Å². The highest BCUT2D eigenvalue weighted by molar-refractivity contribution is 5.94. The second-order valence-corrected chi connectivity index (χ2v) is 6.48. The lowest BCUT2D eigenvalue weighted by Gasteiger charge is -2.17. The van der Waals surface area contributed by atoms with Crippen LogP contribution in [0.15, 0.2) is 12.2 Å². The summed E-state index contributed by atoms with van der Waals surface area (Å²) in [5.74, 6) is -1.57. The average molecular weight is 351 g/mol. The molecule has 0 aromatic heterocycles. The van der Waals surface area contributed by atoms with Crippen LogP contribution in [0.2, 0.25) is 0 Å². The number of hydrogen-bond acceptors (Lipinski definition) is 3. The van der Waals surface area contributed by atoms with E-state index >= 15 is 0 Å². The Morgan fingerprint density at radius 2 is 1.36 bits per heavy atom. The number of nitrogens with zero attached hydrogens (tertiary/aromatic N) is 2. The number of rotatable bonds is 16. The lowest BCUT2D eigenvalue weighted by atomic mass is 10.1. The maximum Gasteiger partial charge on any atom is 0.328 e. The largest absolute Gasteiger partial charge is 0.478 e. The Balaban J connectivity index is 3.64. The summed E-state index contributed by atoms with van der Waals surface area (Å²) in [4.78, 5) is 23.6. The van der Waals surface area contributed by atoms with E-state index in [1.807, 2.05) is 6.07 Å². The van der Waals surface area contributed by atoms with Gasteiger partial charge in [0.1, 0.15) is 6.54 Å². The van der Waals surface area contributed by atoms with E-state index in [-0.39, 0.29) is 6.54 Å². The lowest BCUT2D eigenvalue weighted by molar-refractivity contribution is -0.132. The van der Waals surface area contributed by atoms with Gasteiger partial charge in [0.15, 0.2) is 0 Å². The summed E-state index contributed by atoms with van der Waals surface area (Å²) < 4.78 is 0. The molecule has 0 unspecified atom stereocenters. The minimum atomic E-state index is -1.16. The van der Waals surface area contributed by atoms with Crippen molar-refractivity contribution in [3.05, 3.63) is 12.2 Å². The van der Waals surface area contributed by atoms with Gasteiger partial charge in [0.2, 0.25) is 5.91 Å². The first-order valence-electron chi connectivity index (χ1n) is 9.68. The van der Waals surface area contributed by atoms with E-state index < -0.39 is 11.9 Å². The van der Waals surface area contributed by atoms with Gasteiger partial charge in [0.05, 0.1) is 6.07 Å². The van der Waals surface area contributed by atoms with Crippen molar-refractivity contribution in [2.75, 3.05) is 13.1 Å². The zero-order chi connectivity index (χ0) is 18.8. The summed E-state index contributed by atoms with van der Waals surface area (Å²) in [5.41, 5.74) is 0. The number of aliphatic carboxylic acids is 1. The third-order valence-corrected chi connectivity index (χ3v) is 4.22. The van der Waals surface area contributed by atoms with Crippen molar-refractivity contribution < 1.29 is 14.7 Å². The summed E-state index contributed by atoms with van der Waals surface area (Å²) in [6.45, 7) is 2.75. The first kappa shape index (κ1) is 23.2. The third-order valence-electron chi connectivity index (χ3n) is 4.22. The normalized spacial score (nSPS) is 10.7. The molecule has 5 heteroatoms. The lowest BCUT2D eigenvalue weighted by Crippen LogP contribution is -2.31. The van der Waals surface area contributed by atoms with E-state index in [2.05, 4.69) is 6.92 Å². The molecule has 142 valence electrons. The average Bonchev–Trinajstić information content (AvgIpc) is 2.59. The summed E-state index contributed by atoms with van der Waals surface area (Å²) >= 11 is 0. The number of carboxylic acids is 1. The van der Waals surface area contributed by atoms with Crippen LogP contribution in [0, 0.1) is 11.3 Å². The minimum Gasteiger partial charge on any atom is -0.478 e. The van der Waals surface area contributed by atoms with Crippen molar-refractivity contribution in [1.82, 2.24) is 4.90 Å². The highest BCUT2D eigenvalue weighted by Gasteiger charge is 2.09. The van der Waals surface area contributed by atoms with Gasteiger partial charge in [0, 0.05) is 18.7 Å². The molecule has 0 saturated heterocycles. The second kappa shape index (κ2) is 17.0. The number of nitriles is 1. The first-order chi connectivity index (χ1) is 12.1. The minimum absolute atomic E-state index is 0.000817. The molecule has 0 aliphatic heterocycles. The summed E-state index contributed by atoms with van der Waals surface area (Å²) in [6.07, 6.45) is 16.8. The fourth-order valence-electron chi connectivity index (χ4n) is 2.74. The fourth-order valence-corrected chi connectivity index (χ4v) is 2.74. The highest BCUT2D eigenvalue weighted by atomic mass is 16.4. The zero-order valence-corrected chi connectivity index (χ0v) is 15.7. The number of carboxylic acid groups (broad SMARTS) is 1. The van der Waals surface area contributed by atoms with E-state index in [0.717, 1.165) is 31.4 Å². The summed E-state index contributed by atoms with van der Waals surface area (Å²) in [6, 6.07) is 1.95. The smallest absolute Gasteiger partial charge is 0.328 e. The maximum absolute atomic E-state index is 11.8. The molecule has 0 rings (SSSR count). The van der Waals surface area contributed by atoms with Crippen LogP contribution in [-0.2, 0) is 9.59 Å². The van der Waals surface area contributed by atoms with Gasteiger partial charge in [-0.05, 0) is 6.42 Å². The van der Waals surface area contributed by atoms with Crippen molar-refractivity contribution in [1.29, 1.82) is 5.26 Å². The van der Waals surface area contributed by atoms with Gasteiger partial charge in [0.25, 0.3) is 0 Å². The van der Waals surface area contributed by atoms with Crippen molar-refractivity contribution in [2.45, 2.75) is 84.0 Å². The van der Waals surface area contributed by atoms with E-state index in [0.29, 0.717) is 6.54 Å². The maximum atomic E-state index is 11.8. The molecule has 0 aromatic carbocycles. The molecule has 1 amide bonds. The summed E-state index contributed by atoms with van der Waals surface area (Å²) in [7, 11) is 0. The molecule has 1 N–H and O–H groups in total. The first-order valence-corrected chi connectivity index (χ1v) is 9.68. The monoisotopic (exact) mass is 350 g/mol. The Bertz CT molecular complexity index is 427. The van der Waals surface area contributed by atoms with Gasteiger partial charge in [-0.2, -0.15) is 5.26 Å². The third kappa shape index (κ3) is 15.4. The van der Waals surface area contributed by atoms with Crippen LogP contribution in [0.3, 0.4) is 0 Å². The van der Waals surface area contributed by atoms with Crippen molar-refractivity contribution in [3.8, 4) is 6.07 Å². The van der Waals surface area contributed by atoms with Crippen LogP contribution in [0.1, 0.15) is 84.0 Å². The number of carbonyl (C=O) groups excluding carboxylic acids is 1. The van der Waals surface area contributed by atoms with Gasteiger partial charge in [-0.1, -0.05) is 77.6 Å². The van der Waals surface area contributed by atoms with Crippen LogP contribution in [-0.4, -0.2) is 35.0 Å². The molecule has 0 aliphatic rings. The molecule has 0 fully saturated rings. The van der Waals surface area contributed by atoms with Crippen molar-refractivity contribution in [3.63, 3.8) is 0 Å². The Kier molecular flexibility index (Phi) is 15.8. The molecule has 0 aliphatic carbocycles. The Morgan fingerprint density at radius 3 is 1.80 bits per heavy atom. The van der Waals surface area contributed by atoms with E-state index in [1.165, 1.54) is 62.7 Å². The number of carbonyl (C=O) groups is 2. The predicted octanol–water partition coefficient (Wildman–Crippen LogP) is 4.68. The molecule has 0 bridgehead atoms. The van der Waals surface area contributed by atoms with E-state index in [9.17, 15) is 9.59 Å². The second-order valence-electron chi connectivity index (χ2n) is 6.48. The van der Waals surface area contributed by atoms with Crippen molar-refractivity contribution >= 4 is 11.9 Å². The van der Waals surface area contributed by atoms with Crippen molar-refractivity contribution in [2.24, 2.45) is 0 Å². The number of hydrogen-bond donors (Lipinski definition) is 1. The SMILES string of the molecule is CCCCCCCCCCCCCCN(CC#N)C(=O)/C=C\C(=O)O. The standard InChI is InChI=1S/C20H34N2O3/c1-2-3-4-5-6-7-8-9-10-11-12-13-17-22(18-16-21)19(23)14-15-20(24)25/h14-15H,2-13,17-18H2,1H3,(H,24,25)/b15-14-. The van der Waals surface area contributed by atoms with Gasteiger partial charge < -0.3 is 10.0 Å². The molecule has 0 heterocycles. The van der Waals surface area contributed by atoms with Gasteiger partial charge >= 0.3 is 5.97 Å².